The van der Waals surface area contributed by atoms with Gasteiger partial charge in [0, 0.05) is 18.9 Å². The summed E-state index contributed by atoms with van der Waals surface area (Å²) in [6.45, 7) is 0.845. The van der Waals surface area contributed by atoms with Gasteiger partial charge in [-0.1, -0.05) is 42.5 Å². The van der Waals surface area contributed by atoms with Gasteiger partial charge in [-0.15, -0.1) is 0 Å². The molecule has 6 nitrogen and oxygen atoms in total. The first-order chi connectivity index (χ1) is 12.8. The summed E-state index contributed by atoms with van der Waals surface area (Å²) >= 11 is 0. The van der Waals surface area contributed by atoms with Crippen LogP contribution >= 0.6 is 0 Å². The maximum absolute atomic E-state index is 12.0. The largest absolute Gasteiger partial charge is 0.482 e. The molecular formula is C20H18N4O2. The molecule has 0 bridgehead atoms. The minimum Gasteiger partial charge on any atom is -0.482 e. The molecule has 1 N–H and O–H groups in total. The van der Waals surface area contributed by atoms with Crippen molar-refractivity contribution in [3.05, 3.63) is 83.9 Å². The van der Waals surface area contributed by atoms with E-state index < -0.39 is 0 Å². The monoisotopic (exact) mass is 346 g/mol. The Morgan fingerprint density at radius 3 is 2.73 bits per heavy atom. The lowest BCUT2D eigenvalue weighted by atomic mass is 10.2. The summed E-state index contributed by atoms with van der Waals surface area (Å²) in [5.41, 5.74) is 1.56. The number of nitriles is 1. The molecule has 0 saturated heterocycles. The average molecular weight is 346 g/mol. The van der Waals surface area contributed by atoms with Crippen molar-refractivity contribution in [3.8, 4) is 11.8 Å². The number of amides is 1. The summed E-state index contributed by atoms with van der Waals surface area (Å²) in [4.78, 5) is 16.3. The van der Waals surface area contributed by atoms with Gasteiger partial charge in [-0.05, 0) is 17.7 Å². The molecule has 0 aliphatic carbocycles. The van der Waals surface area contributed by atoms with Crippen LogP contribution in [0, 0.1) is 11.3 Å². The molecule has 1 amide bonds. The van der Waals surface area contributed by atoms with Gasteiger partial charge in [-0.3, -0.25) is 4.79 Å². The van der Waals surface area contributed by atoms with E-state index in [9.17, 15) is 4.79 Å². The smallest absolute Gasteiger partial charge is 0.258 e. The summed E-state index contributed by atoms with van der Waals surface area (Å²) < 4.78 is 7.41. The second-order valence-electron chi connectivity index (χ2n) is 5.63. The van der Waals surface area contributed by atoms with Crippen LogP contribution in [-0.4, -0.2) is 22.1 Å². The molecule has 0 unspecified atom stereocenters. The zero-order valence-electron chi connectivity index (χ0n) is 14.1. The molecule has 0 saturated carbocycles. The summed E-state index contributed by atoms with van der Waals surface area (Å²) in [6.07, 6.45) is 3.60. The zero-order valence-corrected chi connectivity index (χ0v) is 14.1. The van der Waals surface area contributed by atoms with E-state index in [0.717, 1.165) is 11.4 Å². The summed E-state index contributed by atoms with van der Waals surface area (Å²) in [5, 5.41) is 11.8. The first-order valence-corrected chi connectivity index (χ1v) is 8.19. The van der Waals surface area contributed by atoms with Crippen molar-refractivity contribution in [2.75, 3.05) is 6.61 Å². The fraction of sp³-hybridized carbons (Fsp3) is 0.150. The van der Waals surface area contributed by atoms with Gasteiger partial charge >= 0.3 is 0 Å². The maximum atomic E-state index is 12.0. The van der Waals surface area contributed by atoms with Crippen molar-refractivity contribution in [2.24, 2.45) is 0 Å². The topological polar surface area (TPSA) is 79.9 Å². The lowest BCUT2D eigenvalue weighted by molar-refractivity contribution is -0.123. The number of aromatic nitrogens is 2. The van der Waals surface area contributed by atoms with Gasteiger partial charge < -0.3 is 14.6 Å². The molecule has 3 rings (SSSR count). The molecule has 3 aromatic rings. The Bertz CT molecular complexity index is 913. The Balaban J connectivity index is 1.52. The van der Waals surface area contributed by atoms with Crippen LogP contribution < -0.4 is 10.1 Å². The van der Waals surface area contributed by atoms with Crippen molar-refractivity contribution in [1.82, 2.24) is 14.9 Å². The number of hydrogen-bond acceptors (Lipinski definition) is 4. The van der Waals surface area contributed by atoms with Gasteiger partial charge in [-0.25, -0.2) is 4.98 Å². The highest BCUT2D eigenvalue weighted by Gasteiger charge is 2.08. The number of ether oxygens (including phenoxy) is 1. The SMILES string of the molecule is N#Cc1ccccc1OCC(=O)NCc1nccn1Cc1ccccc1. The first-order valence-electron chi connectivity index (χ1n) is 8.19. The normalized spacial score (nSPS) is 10.1. The predicted molar refractivity (Wildman–Crippen MR) is 96.3 cm³/mol. The standard InChI is InChI=1S/C20H18N4O2/c21-12-17-8-4-5-9-18(17)26-15-20(25)23-13-19-22-10-11-24(19)14-16-6-2-1-3-7-16/h1-11H,13-15H2,(H,23,25). The van der Waals surface area contributed by atoms with Gasteiger partial charge in [0.2, 0.25) is 0 Å². The molecule has 0 radical (unpaired) electrons. The first kappa shape index (κ1) is 17.2. The van der Waals surface area contributed by atoms with Crippen molar-refractivity contribution in [3.63, 3.8) is 0 Å². The molecule has 1 heterocycles. The summed E-state index contributed by atoms with van der Waals surface area (Å²) in [5.74, 6) is 0.891. The molecule has 26 heavy (non-hydrogen) atoms. The number of carbonyl (C=O) groups is 1. The van der Waals surface area contributed by atoms with Gasteiger partial charge in [0.05, 0.1) is 12.1 Å². The van der Waals surface area contributed by atoms with E-state index in [1.165, 1.54) is 0 Å². The van der Waals surface area contributed by atoms with Crippen LogP contribution in [-0.2, 0) is 17.9 Å². The second kappa shape index (κ2) is 8.49. The average Bonchev–Trinajstić information content (AvgIpc) is 3.12. The molecule has 0 aliphatic rings. The van der Waals surface area contributed by atoms with E-state index in [4.69, 9.17) is 10.00 Å². The number of nitrogens with zero attached hydrogens (tertiary/aromatic N) is 3. The van der Waals surface area contributed by atoms with Crippen LogP contribution in [0.3, 0.4) is 0 Å². The number of hydrogen-bond donors (Lipinski definition) is 1. The highest BCUT2D eigenvalue weighted by atomic mass is 16.5. The quantitative estimate of drug-likeness (QED) is 0.713. The van der Waals surface area contributed by atoms with Gasteiger partial charge in [0.25, 0.3) is 5.91 Å². The van der Waals surface area contributed by atoms with Crippen molar-refractivity contribution < 1.29 is 9.53 Å². The molecule has 0 spiro atoms. The van der Waals surface area contributed by atoms with Crippen molar-refractivity contribution in [1.29, 1.82) is 5.26 Å². The fourth-order valence-electron chi connectivity index (χ4n) is 2.49. The van der Waals surface area contributed by atoms with E-state index in [1.807, 2.05) is 47.2 Å². The van der Waals surface area contributed by atoms with E-state index >= 15 is 0 Å². The van der Waals surface area contributed by atoms with Crippen LogP contribution in [0.25, 0.3) is 0 Å². The predicted octanol–water partition coefficient (Wildman–Crippen LogP) is 2.50. The second-order valence-corrected chi connectivity index (χ2v) is 5.63. The zero-order chi connectivity index (χ0) is 18.2. The summed E-state index contributed by atoms with van der Waals surface area (Å²) in [7, 11) is 0. The molecule has 0 aliphatic heterocycles. The number of rotatable bonds is 7. The van der Waals surface area contributed by atoms with Crippen molar-refractivity contribution >= 4 is 5.91 Å². The third-order valence-corrected chi connectivity index (χ3v) is 3.81. The highest BCUT2D eigenvalue weighted by Crippen LogP contribution is 2.16. The molecule has 6 heteroatoms. The Morgan fingerprint density at radius 2 is 1.92 bits per heavy atom. The lowest BCUT2D eigenvalue weighted by Crippen LogP contribution is -2.29. The third-order valence-electron chi connectivity index (χ3n) is 3.81. The van der Waals surface area contributed by atoms with E-state index in [1.54, 1.807) is 30.5 Å². The molecule has 2 aromatic carbocycles. The number of benzene rings is 2. The molecule has 0 atom stereocenters. The number of para-hydroxylation sites is 1. The van der Waals surface area contributed by atoms with Crippen LogP contribution in [0.2, 0.25) is 0 Å². The van der Waals surface area contributed by atoms with Gasteiger partial charge in [0.1, 0.15) is 17.6 Å². The van der Waals surface area contributed by atoms with Crippen LogP contribution in [0.15, 0.2) is 67.0 Å². The highest BCUT2D eigenvalue weighted by molar-refractivity contribution is 5.77. The molecule has 1 aromatic heterocycles. The van der Waals surface area contributed by atoms with Gasteiger partial charge in [-0.2, -0.15) is 5.26 Å². The van der Waals surface area contributed by atoms with E-state index in [2.05, 4.69) is 10.3 Å². The molecule has 130 valence electrons. The van der Waals surface area contributed by atoms with Gasteiger partial charge in [0.15, 0.2) is 6.61 Å². The minimum absolute atomic E-state index is 0.155. The van der Waals surface area contributed by atoms with E-state index in [0.29, 0.717) is 24.4 Å². The number of nitrogens with one attached hydrogen (secondary N) is 1. The van der Waals surface area contributed by atoms with Crippen LogP contribution in [0.1, 0.15) is 17.0 Å². The summed E-state index contributed by atoms with van der Waals surface area (Å²) in [6, 6.07) is 18.9. The van der Waals surface area contributed by atoms with E-state index in [-0.39, 0.29) is 12.5 Å². The van der Waals surface area contributed by atoms with Crippen molar-refractivity contribution in [2.45, 2.75) is 13.1 Å². The van der Waals surface area contributed by atoms with Crippen LogP contribution in [0.5, 0.6) is 5.75 Å². The number of carbonyl (C=O) groups excluding carboxylic acids is 1. The maximum Gasteiger partial charge on any atom is 0.258 e. The lowest BCUT2D eigenvalue weighted by Gasteiger charge is -2.10. The Morgan fingerprint density at radius 1 is 1.15 bits per heavy atom. The minimum atomic E-state index is -0.271. The fourth-order valence-corrected chi connectivity index (χ4v) is 2.49. The Labute approximate surface area is 151 Å². The van der Waals surface area contributed by atoms with Crippen LogP contribution in [0.4, 0.5) is 0 Å². The molecular weight excluding hydrogens is 328 g/mol. The third kappa shape index (κ3) is 4.48. The molecule has 0 fully saturated rings. The Hall–Kier alpha value is -3.59. The Kier molecular flexibility index (Phi) is 5.63. The number of imidazole rings is 1.